The van der Waals surface area contributed by atoms with Gasteiger partial charge in [0.1, 0.15) is 5.54 Å². The SMILES string of the molecule is CC(C[C@@]1(C)NC(=O)NC1=O)C(=O)N1CCC(c2cc(Cl)cc(Cl)c2)CC1. The number of nitrogens with zero attached hydrogens (tertiary/aromatic N) is 1. The molecule has 0 saturated carbocycles. The molecule has 2 atom stereocenters. The van der Waals surface area contributed by atoms with Gasteiger partial charge in [-0.3, -0.25) is 14.9 Å². The van der Waals surface area contributed by atoms with Crippen LogP contribution >= 0.6 is 23.2 Å². The second kappa shape index (κ2) is 7.68. The second-order valence-electron chi connectivity index (χ2n) is 7.65. The average Bonchev–Trinajstić information content (AvgIpc) is 2.85. The van der Waals surface area contributed by atoms with Crippen molar-refractivity contribution < 1.29 is 14.4 Å². The molecule has 2 fully saturated rings. The average molecular weight is 412 g/mol. The molecule has 0 radical (unpaired) electrons. The summed E-state index contributed by atoms with van der Waals surface area (Å²) in [7, 11) is 0. The number of piperidine rings is 1. The van der Waals surface area contributed by atoms with Gasteiger partial charge < -0.3 is 10.2 Å². The molecule has 2 aliphatic rings. The van der Waals surface area contributed by atoms with E-state index in [-0.39, 0.29) is 24.2 Å². The maximum atomic E-state index is 12.8. The highest BCUT2D eigenvalue weighted by Crippen LogP contribution is 2.32. The van der Waals surface area contributed by atoms with E-state index in [4.69, 9.17) is 23.2 Å². The van der Waals surface area contributed by atoms with E-state index in [1.165, 1.54) is 0 Å². The van der Waals surface area contributed by atoms with E-state index in [0.717, 1.165) is 18.4 Å². The van der Waals surface area contributed by atoms with Crippen molar-refractivity contribution in [1.82, 2.24) is 15.5 Å². The summed E-state index contributed by atoms with van der Waals surface area (Å²) < 4.78 is 0. The Balaban J connectivity index is 1.58. The largest absolute Gasteiger partial charge is 0.342 e. The van der Waals surface area contributed by atoms with Crippen LogP contribution < -0.4 is 10.6 Å². The predicted molar refractivity (Wildman–Crippen MR) is 104 cm³/mol. The van der Waals surface area contributed by atoms with Gasteiger partial charge in [0.05, 0.1) is 0 Å². The molecule has 6 nitrogen and oxygen atoms in total. The zero-order valence-electron chi connectivity index (χ0n) is 15.4. The minimum absolute atomic E-state index is 0.00718. The van der Waals surface area contributed by atoms with Gasteiger partial charge in [0, 0.05) is 29.1 Å². The van der Waals surface area contributed by atoms with Gasteiger partial charge in [0.25, 0.3) is 5.91 Å². The van der Waals surface area contributed by atoms with Gasteiger partial charge >= 0.3 is 6.03 Å². The number of amides is 4. The Morgan fingerprint density at radius 3 is 2.33 bits per heavy atom. The lowest BCUT2D eigenvalue weighted by Crippen LogP contribution is -2.48. The molecule has 0 aliphatic carbocycles. The highest BCUT2D eigenvalue weighted by atomic mass is 35.5. The molecule has 0 bridgehead atoms. The number of imide groups is 1. The Labute approximate surface area is 168 Å². The highest BCUT2D eigenvalue weighted by Gasteiger charge is 2.44. The van der Waals surface area contributed by atoms with Crippen LogP contribution in [0.15, 0.2) is 18.2 Å². The highest BCUT2D eigenvalue weighted by molar-refractivity contribution is 6.34. The third-order valence-corrected chi connectivity index (χ3v) is 5.85. The summed E-state index contributed by atoms with van der Waals surface area (Å²) in [4.78, 5) is 38.0. The number of carbonyl (C=O) groups is 3. The Morgan fingerprint density at radius 1 is 1.22 bits per heavy atom. The van der Waals surface area contributed by atoms with Crippen LogP contribution in [-0.2, 0) is 9.59 Å². The maximum Gasteiger partial charge on any atom is 0.322 e. The van der Waals surface area contributed by atoms with Crippen molar-refractivity contribution in [3.63, 3.8) is 0 Å². The van der Waals surface area contributed by atoms with E-state index in [1.807, 2.05) is 17.0 Å². The number of nitrogens with one attached hydrogen (secondary N) is 2. The summed E-state index contributed by atoms with van der Waals surface area (Å²) in [6.45, 7) is 4.74. The van der Waals surface area contributed by atoms with Crippen LogP contribution in [0.5, 0.6) is 0 Å². The number of carbonyl (C=O) groups excluding carboxylic acids is 3. The molecule has 2 heterocycles. The van der Waals surface area contributed by atoms with Gasteiger partial charge in [-0.1, -0.05) is 30.1 Å². The first-order valence-electron chi connectivity index (χ1n) is 9.06. The topological polar surface area (TPSA) is 78.5 Å². The standard InChI is InChI=1S/C19H23Cl2N3O3/c1-11(10-19(2)17(26)22-18(27)23-19)16(25)24-5-3-12(4-6-24)13-7-14(20)9-15(21)8-13/h7-9,11-12H,3-6,10H2,1-2H3,(H2,22,23,26,27)/t11?,19-/m1/s1. The van der Waals surface area contributed by atoms with Crippen LogP contribution in [0.4, 0.5) is 4.79 Å². The van der Waals surface area contributed by atoms with Crippen molar-refractivity contribution in [1.29, 1.82) is 0 Å². The van der Waals surface area contributed by atoms with Crippen LogP contribution in [0.3, 0.4) is 0 Å². The van der Waals surface area contributed by atoms with Crippen molar-refractivity contribution in [2.24, 2.45) is 5.92 Å². The van der Waals surface area contributed by atoms with Gasteiger partial charge in [0.15, 0.2) is 0 Å². The minimum atomic E-state index is -1.04. The predicted octanol–water partition coefficient (Wildman–Crippen LogP) is 3.32. The van der Waals surface area contributed by atoms with Gasteiger partial charge in [-0.05, 0) is 55.9 Å². The number of benzene rings is 1. The first-order chi connectivity index (χ1) is 12.7. The van der Waals surface area contributed by atoms with Gasteiger partial charge in [0.2, 0.25) is 5.91 Å². The normalized spacial score (nSPS) is 24.5. The van der Waals surface area contributed by atoms with E-state index in [1.54, 1.807) is 19.9 Å². The molecule has 1 aromatic rings. The molecule has 2 saturated heterocycles. The molecule has 2 aliphatic heterocycles. The fourth-order valence-corrected chi connectivity index (χ4v) is 4.52. The summed E-state index contributed by atoms with van der Waals surface area (Å²) in [5.41, 5.74) is 0.0626. The van der Waals surface area contributed by atoms with Crippen molar-refractivity contribution >= 4 is 41.0 Å². The summed E-state index contributed by atoms with van der Waals surface area (Å²) in [5, 5.41) is 6.08. The van der Waals surface area contributed by atoms with Crippen LogP contribution in [0.25, 0.3) is 0 Å². The smallest absolute Gasteiger partial charge is 0.322 e. The first-order valence-corrected chi connectivity index (χ1v) is 9.82. The lowest BCUT2D eigenvalue weighted by Gasteiger charge is -2.35. The van der Waals surface area contributed by atoms with Crippen LogP contribution in [0.2, 0.25) is 10.0 Å². The third kappa shape index (κ3) is 4.38. The van der Waals surface area contributed by atoms with E-state index < -0.39 is 11.6 Å². The molecule has 1 unspecified atom stereocenters. The molecule has 1 aromatic carbocycles. The van der Waals surface area contributed by atoms with Crippen molar-refractivity contribution in [2.75, 3.05) is 13.1 Å². The van der Waals surface area contributed by atoms with E-state index in [9.17, 15) is 14.4 Å². The number of halogens is 2. The molecule has 0 aromatic heterocycles. The summed E-state index contributed by atoms with van der Waals surface area (Å²) in [6.07, 6.45) is 1.94. The molecular formula is C19H23Cl2N3O3. The third-order valence-electron chi connectivity index (χ3n) is 5.42. The van der Waals surface area contributed by atoms with Gasteiger partial charge in [-0.25, -0.2) is 4.79 Å². The fourth-order valence-electron chi connectivity index (χ4n) is 3.98. The van der Waals surface area contributed by atoms with E-state index >= 15 is 0 Å². The van der Waals surface area contributed by atoms with Crippen molar-refractivity contribution in [3.8, 4) is 0 Å². The van der Waals surface area contributed by atoms with Crippen LogP contribution in [0.1, 0.15) is 44.6 Å². The van der Waals surface area contributed by atoms with E-state index in [0.29, 0.717) is 29.1 Å². The summed E-state index contributed by atoms with van der Waals surface area (Å²) in [6, 6.07) is 5.06. The summed E-state index contributed by atoms with van der Waals surface area (Å²) in [5.74, 6) is -0.425. The fraction of sp³-hybridized carbons (Fsp3) is 0.526. The molecule has 146 valence electrons. The monoisotopic (exact) mass is 411 g/mol. The number of likely N-dealkylation sites (tertiary alicyclic amines) is 1. The molecule has 8 heteroatoms. The molecule has 27 heavy (non-hydrogen) atoms. The Bertz CT molecular complexity index is 757. The zero-order chi connectivity index (χ0) is 19.8. The molecular weight excluding hydrogens is 389 g/mol. The number of rotatable bonds is 4. The maximum absolute atomic E-state index is 12.8. The Morgan fingerprint density at radius 2 is 1.81 bits per heavy atom. The molecule has 3 rings (SSSR count). The van der Waals surface area contributed by atoms with Crippen molar-refractivity contribution in [3.05, 3.63) is 33.8 Å². The lowest BCUT2D eigenvalue weighted by molar-refractivity contribution is -0.137. The van der Waals surface area contributed by atoms with Crippen LogP contribution in [-0.4, -0.2) is 41.4 Å². The second-order valence-corrected chi connectivity index (χ2v) is 8.52. The molecule has 2 N–H and O–H groups in total. The zero-order valence-corrected chi connectivity index (χ0v) is 16.9. The Kier molecular flexibility index (Phi) is 5.68. The van der Waals surface area contributed by atoms with E-state index in [2.05, 4.69) is 10.6 Å². The minimum Gasteiger partial charge on any atom is -0.342 e. The number of urea groups is 1. The first kappa shape index (κ1) is 20.0. The quantitative estimate of drug-likeness (QED) is 0.745. The number of hydrogen-bond acceptors (Lipinski definition) is 3. The molecule has 0 spiro atoms. The summed E-state index contributed by atoms with van der Waals surface area (Å²) >= 11 is 12.2. The van der Waals surface area contributed by atoms with Crippen molar-refractivity contribution in [2.45, 2.75) is 44.6 Å². The van der Waals surface area contributed by atoms with Crippen LogP contribution in [0, 0.1) is 5.92 Å². The van der Waals surface area contributed by atoms with Gasteiger partial charge in [-0.15, -0.1) is 0 Å². The number of hydrogen-bond donors (Lipinski definition) is 2. The lowest BCUT2D eigenvalue weighted by atomic mass is 9.87. The molecule has 4 amide bonds. The Hall–Kier alpha value is -1.79. The van der Waals surface area contributed by atoms with Gasteiger partial charge in [-0.2, -0.15) is 0 Å².